The summed E-state index contributed by atoms with van der Waals surface area (Å²) in [5.41, 5.74) is 7.53. The lowest BCUT2D eigenvalue weighted by Crippen LogP contribution is -2.47. The van der Waals surface area contributed by atoms with E-state index in [9.17, 15) is 10.2 Å². The Bertz CT molecular complexity index is 630. The van der Waals surface area contributed by atoms with Gasteiger partial charge in [-0.2, -0.15) is 0 Å². The van der Waals surface area contributed by atoms with Crippen LogP contribution in [0.3, 0.4) is 0 Å². The third kappa shape index (κ3) is 9.07. The smallest absolute Gasteiger partial charge is 0.119 e. The van der Waals surface area contributed by atoms with Gasteiger partial charge in [0.1, 0.15) is 5.75 Å². The van der Waals surface area contributed by atoms with Crippen molar-refractivity contribution in [3.05, 3.63) is 65.7 Å². The van der Waals surface area contributed by atoms with Crippen molar-refractivity contribution in [2.45, 2.75) is 50.5 Å². The zero-order chi connectivity index (χ0) is 19.4. The normalized spacial score (nSPS) is 11.1. The van der Waals surface area contributed by atoms with E-state index in [1.165, 1.54) is 24.8 Å². The van der Waals surface area contributed by atoms with Crippen LogP contribution in [0.1, 0.15) is 43.2 Å². The molecule has 0 aliphatic heterocycles. The summed E-state index contributed by atoms with van der Waals surface area (Å²) < 4.78 is 5.81. The number of benzene rings is 2. The Morgan fingerprint density at radius 1 is 0.750 bits per heavy atom. The Kier molecular flexibility index (Phi) is 11.8. The molecular weight excluding hydrogens is 374 g/mol. The van der Waals surface area contributed by atoms with Gasteiger partial charge in [-0.25, -0.2) is 0 Å². The van der Waals surface area contributed by atoms with Crippen LogP contribution < -0.4 is 10.5 Å². The second kappa shape index (κ2) is 13.6. The van der Waals surface area contributed by atoms with Crippen LogP contribution in [-0.4, -0.2) is 35.6 Å². The van der Waals surface area contributed by atoms with E-state index in [0.29, 0.717) is 6.42 Å². The summed E-state index contributed by atoms with van der Waals surface area (Å²) in [5.74, 6) is 0.881. The van der Waals surface area contributed by atoms with Gasteiger partial charge in [-0.3, -0.25) is 0 Å². The third-order valence-corrected chi connectivity index (χ3v) is 4.94. The fourth-order valence-electron chi connectivity index (χ4n) is 2.97. The molecule has 0 saturated carbocycles. The first-order valence-electron chi connectivity index (χ1n) is 9.91. The van der Waals surface area contributed by atoms with Crippen molar-refractivity contribution in [1.82, 2.24) is 0 Å². The Morgan fingerprint density at radius 2 is 1.36 bits per heavy atom. The van der Waals surface area contributed by atoms with E-state index in [1.807, 2.05) is 24.3 Å². The molecule has 0 aliphatic carbocycles. The topological polar surface area (TPSA) is 75.7 Å². The summed E-state index contributed by atoms with van der Waals surface area (Å²) in [7, 11) is 0. The SMILES string of the molecule is Cl.NC(CO)(CO)CCc1ccc(OCCCCCCc2ccccc2)cc1. The molecule has 0 saturated heterocycles. The molecule has 0 aliphatic rings. The minimum Gasteiger partial charge on any atom is -0.494 e. The van der Waals surface area contributed by atoms with Gasteiger partial charge >= 0.3 is 0 Å². The van der Waals surface area contributed by atoms with Gasteiger partial charge < -0.3 is 20.7 Å². The number of rotatable bonds is 13. The second-order valence-electron chi connectivity index (χ2n) is 7.32. The average molecular weight is 408 g/mol. The van der Waals surface area contributed by atoms with Gasteiger partial charge in [-0.15, -0.1) is 12.4 Å². The van der Waals surface area contributed by atoms with Crippen molar-refractivity contribution in [1.29, 1.82) is 0 Å². The number of halogens is 1. The molecule has 0 amide bonds. The fraction of sp³-hybridized carbons (Fsp3) is 0.478. The van der Waals surface area contributed by atoms with Gasteiger partial charge in [0.05, 0.1) is 25.4 Å². The zero-order valence-electron chi connectivity index (χ0n) is 16.6. The number of hydrogen-bond donors (Lipinski definition) is 3. The predicted octanol–water partition coefficient (Wildman–Crippen LogP) is 3.91. The van der Waals surface area contributed by atoms with Crippen LogP contribution in [0.25, 0.3) is 0 Å². The number of ether oxygens (including phenoxy) is 1. The molecule has 0 spiro atoms. The molecule has 2 aromatic rings. The highest BCUT2D eigenvalue weighted by Crippen LogP contribution is 2.17. The summed E-state index contributed by atoms with van der Waals surface area (Å²) in [5, 5.41) is 18.5. The van der Waals surface area contributed by atoms with Crippen LogP contribution in [0, 0.1) is 0 Å². The molecule has 0 heterocycles. The minimum atomic E-state index is -0.907. The molecule has 0 bridgehead atoms. The highest BCUT2D eigenvalue weighted by Gasteiger charge is 2.22. The molecule has 0 atom stereocenters. The van der Waals surface area contributed by atoms with Gasteiger partial charge in [0.2, 0.25) is 0 Å². The zero-order valence-corrected chi connectivity index (χ0v) is 17.4. The standard InChI is InChI=1S/C23H33NO3.ClH/c24-23(18-25,19-26)16-15-21-11-13-22(14-12-21)27-17-7-2-1-4-8-20-9-5-3-6-10-20;/h3,5-6,9-14,25-26H,1-2,4,7-8,15-19,24H2;1H. The lowest BCUT2D eigenvalue weighted by Gasteiger charge is -2.24. The molecule has 0 fully saturated rings. The molecule has 0 aromatic heterocycles. The summed E-state index contributed by atoms with van der Waals surface area (Å²) >= 11 is 0. The Balaban J connectivity index is 0.00000392. The van der Waals surface area contributed by atoms with Crippen LogP contribution in [-0.2, 0) is 12.8 Å². The fourth-order valence-corrected chi connectivity index (χ4v) is 2.97. The molecule has 4 N–H and O–H groups in total. The van der Waals surface area contributed by atoms with Crippen molar-refractivity contribution >= 4 is 12.4 Å². The number of aryl methyl sites for hydroxylation is 2. The van der Waals surface area contributed by atoms with Gasteiger partial charge in [-0.05, 0) is 55.4 Å². The quantitative estimate of drug-likeness (QED) is 0.440. The molecular formula is C23H34ClNO3. The van der Waals surface area contributed by atoms with E-state index in [2.05, 4.69) is 30.3 Å². The Hall–Kier alpha value is -1.59. The minimum absolute atomic E-state index is 0. The Morgan fingerprint density at radius 3 is 2.00 bits per heavy atom. The number of nitrogens with two attached hydrogens (primary N) is 1. The first kappa shape index (κ1) is 24.4. The lowest BCUT2D eigenvalue weighted by atomic mass is 9.94. The molecule has 5 heteroatoms. The first-order valence-corrected chi connectivity index (χ1v) is 9.91. The van der Waals surface area contributed by atoms with Crippen molar-refractivity contribution in [3.8, 4) is 5.75 Å². The van der Waals surface area contributed by atoms with Crippen molar-refractivity contribution in [3.63, 3.8) is 0 Å². The molecule has 2 rings (SSSR count). The molecule has 2 aromatic carbocycles. The summed E-state index contributed by atoms with van der Waals surface area (Å²) in [6.45, 7) is 0.317. The van der Waals surface area contributed by atoms with Gasteiger partial charge in [0.25, 0.3) is 0 Å². The van der Waals surface area contributed by atoms with Crippen LogP contribution >= 0.6 is 12.4 Å². The third-order valence-electron chi connectivity index (χ3n) is 4.94. The van der Waals surface area contributed by atoms with Crippen LogP contribution in [0.15, 0.2) is 54.6 Å². The van der Waals surface area contributed by atoms with E-state index in [-0.39, 0.29) is 25.6 Å². The molecule has 4 nitrogen and oxygen atoms in total. The van der Waals surface area contributed by atoms with E-state index in [0.717, 1.165) is 37.2 Å². The van der Waals surface area contributed by atoms with Gasteiger partial charge in [0.15, 0.2) is 0 Å². The molecule has 156 valence electrons. The number of aliphatic hydroxyl groups is 2. The summed E-state index contributed by atoms with van der Waals surface area (Å²) in [6, 6.07) is 18.6. The van der Waals surface area contributed by atoms with E-state index in [4.69, 9.17) is 10.5 Å². The second-order valence-corrected chi connectivity index (χ2v) is 7.32. The highest BCUT2D eigenvalue weighted by atomic mass is 35.5. The van der Waals surface area contributed by atoms with Crippen molar-refractivity contribution < 1.29 is 14.9 Å². The molecule has 0 radical (unpaired) electrons. The van der Waals surface area contributed by atoms with Gasteiger partial charge in [0, 0.05) is 0 Å². The molecule has 28 heavy (non-hydrogen) atoms. The van der Waals surface area contributed by atoms with Crippen molar-refractivity contribution in [2.75, 3.05) is 19.8 Å². The maximum Gasteiger partial charge on any atom is 0.119 e. The first-order chi connectivity index (χ1) is 13.1. The number of aliphatic hydroxyl groups excluding tert-OH is 2. The highest BCUT2D eigenvalue weighted by molar-refractivity contribution is 5.85. The predicted molar refractivity (Wildman–Crippen MR) is 117 cm³/mol. The average Bonchev–Trinajstić information content (AvgIpc) is 2.73. The Labute approximate surface area is 175 Å². The van der Waals surface area contributed by atoms with Crippen LogP contribution in [0.2, 0.25) is 0 Å². The van der Waals surface area contributed by atoms with Crippen molar-refractivity contribution in [2.24, 2.45) is 5.73 Å². The number of unbranched alkanes of at least 4 members (excludes halogenated alkanes) is 3. The maximum atomic E-state index is 9.23. The van der Waals surface area contributed by atoms with E-state index < -0.39 is 5.54 Å². The van der Waals surface area contributed by atoms with E-state index in [1.54, 1.807) is 0 Å². The maximum absolute atomic E-state index is 9.23. The summed E-state index contributed by atoms with van der Waals surface area (Å²) in [4.78, 5) is 0. The van der Waals surface area contributed by atoms with E-state index >= 15 is 0 Å². The summed E-state index contributed by atoms with van der Waals surface area (Å²) in [6.07, 6.45) is 7.13. The lowest BCUT2D eigenvalue weighted by molar-refractivity contribution is 0.115. The largest absolute Gasteiger partial charge is 0.494 e. The number of hydrogen-bond acceptors (Lipinski definition) is 4. The van der Waals surface area contributed by atoms with Crippen LogP contribution in [0.4, 0.5) is 0 Å². The van der Waals surface area contributed by atoms with Crippen LogP contribution in [0.5, 0.6) is 5.75 Å². The molecule has 0 unspecified atom stereocenters. The van der Waals surface area contributed by atoms with Gasteiger partial charge in [-0.1, -0.05) is 55.3 Å². The monoisotopic (exact) mass is 407 g/mol.